The lowest BCUT2D eigenvalue weighted by atomic mass is 9.76. The van der Waals surface area contributed by atoms with Gasteiger partial charge in [0.25, 0.3) is 0 Å². The Morgan fingerprint density at radius 3 is 2.27 bits per heavy atom. The molecule has 6 rings (SSSR count). The van der Waals surface area contributed by atoms with Gasteiger partial charge in [0, 0.05) is 57.6 Å². The molecule has 0 spiro atoms. The Kier molecular flexibility index (Phi) is 16.0. The number of benzene rings is 1. The van der Waals surface area contributed by atoms with Crippen LogP contribution in [-0.4, -0.2) is 166 Å². The predicted molar refractivity (Wildman–Crippen MR) is 230 cm³/mol. The van der Waals surface area contributed by atoms with Gasteiger partial charge in [0.1, 0.15) is 30.5 Å². The van der Waals surface area contributed by atoms with Gasteiger partial charge in [-0.05, 0) is 72.3 Å². The number of hydrogen-bond donors (Lipinski definition) is 4. The second-order valence-corrected chi connectivity index (χ2v) is 19.9. The molecule has 5 fully saturated rings. The van der Waals surface area contributed by atoms with Gasteiger partial charge in [0.2, 0.25) is 0 Å². The number of piperazine rings is 1. The van der Waals surface area contributed by atoms with Crippen LogP contribution in [0.1, 0.15) is 100 Å². The lowest BCUT2D eigenvalue weighted by molar-refractivity contribution is -0.319. The van der Waals surface area contributed by atoms with Gasteiger partial charge in [-0.25, -0.2) is 4.79 Å². The fourth-order valence-corrected chi connectivity index (χ4v) is 11.1. The lowest BCUT2D eigenvalue weighted by Crippen LogP contribution is -2.62. The third-order valence-electron chi connectivity index (χ3n) is 15.0. The molecule has 2 bridgehead atoms. The van der Waals surface area contributed by atoms with E-state index >= 15 is 0 Å². The van der Waals surface area contributed by atoms with Crippen LogP contribution in [0.5, 0.6) is 0 Å². The third kappa shape index (κ3) is 10.6. The highest BCUT2D eigenvalue weighted by atomic mass is 16.7. The molecule has 0 unspecified atom stereocenters. The Morgan fingerprint density at radius 2 is 1.63 bits per heavy atom. The van der Waals surface area contributed by atoms with Crippen molar-refractivity contribution in [1.82, 2.24) is 9.80 Å². The highest BCUT2D eigenvalue weighted by molar-refractivity contribution is 5.73. The molecular weight excluding hydrogens is 817 g/mol. The molecule has 0 aromatic heterocycles. The SMILES string of the molecule is CC[C@@H](O)[C@@](C)(O)[C@@H]1OC(=O)[C@H](C)[C@@H](O[C@H]2C[C@@](C)(OC)[C@@H](O)[C@H](C)O2)[C@H](C)[C@@H](O[C@@H]2O[C@H](C)C[C@H](N3CCN(C(=O)OCc4ccccc4)CC3)[C@H]2O)[C@@]2(C)C[C@@H](C)[C@H](O2)[C@@H]1C. The average molecular weight is 893 g/mol. The van der Waals surface area contributed by atoms with Crippen LogP contribution >= 0.6 is 0 Å². The number of nitrogens with zero attached hydrogens (tertiary/aromatic N) is 2. The molecule has 5 saturated heterocycles. The smallest absolute Gasteiger partial charge is 0.410 e. The first-order valence-corrected chi connectivity index (χ1v) is 23.2. The van der Waals surface area contributed by atoms with E-state index in [0.717, 1.165) is 5.56 Å². The number of carbonyl (C=O) groups excluding carboxylic acids is 2. The minimum Gasteiger partial charge on any atom is -0.459 e. The number of ether oxygens (including phenoxy) is 8. The van der Waals surface area contributed by atoms with Gasteiger partial charge < -0.3 is 63.2 Å². The van der Waals surface area contributed by atoms with E-state index in [2.05, 4.69) is 11.8 Å². The standard InChI is InChI=1S/C47H76N2O14/c1-12-34(50)47(10,55)41-28(4)37-26(2)23-46(9,63-37)40(29(5)38(30(6)42(53)61-41)60-35-24-45(8,56-11)39(52)31(7)59-35)62-43-36(51)33(22-27(3)58-43)48-18-20-49(21-19-48)44(54)57-25-32-16-14-13-15-17-32/h13-17,26-31,33-41,43,50-52,55H,12,18-25H2,1-11H3/t26-,27-,28+,29+,30-,31+,33+,34-,35+,36-,37+,38+,39+,40-,41-,43+,45-,46-,47-/m1/s1. The Labute approximate surface area is 373 Å². The number of esters is 1. The Hall–Kier alpha value is -2.48. The molecule has 0 aliphatic carbocycles. The van der Waals surface area contributed by atoms with E-state index in [1.807, 2.05) is 58.0 Å². The van der Waals surface area contributed by atoms with Crippen LogP contribution in [0.25, 0.3) is 0 Å². The van der Waals surface area contributed by atoms with Crippen LogP contribution in [-0.2, 0) is 49.3 Å². The summed E-state index contributed by atoms with van der Waals surface area (Å²) in [5, 5.41) is 46.3. The van der Waals surface area contributed by atoms with Gasteiger partial charge in [-0.2, -0.15) is 0 Å². The number of cyclic esters (lactones) is 1. The van der Waals surface area contributed by atoms with Gasteiger partial charge in [0.05, 0.1) is 53.7 Å². The molecule has 5 heterocycles. The first kappa shape index (κ1) is 49.9. The Morgan fingerprint density at radius 1 is 0.968 bits per heavy atom. The summed E-state index contributed by atoms with van der Waals surface area (Å²) in [7, 11) is 1.52. The molecule has 0 radical (unpaired) electrons. The summed E-state index contributed by atoms with van der Waals surface area (Å²) >= 11 is 0. The molecule has 5 aliphatic heterocycles. The number of methoxy groups -OCH3 is 1. The van der Waals surface area contributed by atoms with Gasteiger partial charge in [-0.15, -0.1) is 0 Å². The summed E-state index contributed by atoms with van der Waals surface area (Å²) in [5.74, 6) is -2.92. The fraction of sp³-hybridized carbons (Fsp3) is 0.830. The summed E-state index contributed by atoms with van der Waals surface area (Å²) in [6.07, 6.45) is -8.66. The molecule has 16 nitrogen and oxygen atoms in total. The maximum Gasteiger partial charge on any atom is 0.410 e. The number of amides is 1. The van der Waals surface area contributed by atoms with E-state index in [0.29, 0.717) is 39.0 Å². The lowest BCUT2D eigenvalue weighted by Gasteiger charge is -2.49. The van der Waals surface area contributed by atoms with Crippen LogP contribution in [0, 0.1) is 23.7 Å². The van der Waals surface area contributed by atoms with Crippen LogP contribution in [0.2, 0.25) is 0 Å². The van der Waals surface area contributed by atoms with Crippen LogP contribution < -0.4 is 0 Å². The monoisotopic (exact) mass is 893 g/mol. The minimum atomic E-state index is -1.82. The highest BCUT2D eigenvalue weighted by Crippen LogP contribution is 2.48. The minimum absolute atomic E-state index is 0.110. The van der Waals surface area contributed by atoms with Crippen LogP contribution in [0.3, 0.4) is 0 Å². The van der Waals surface area contributed by atoms with Crippen molar-refractivity contribution in [2.45, 2.75) is 192 Å². The fourth-order valence-electron chi connectivity index (χ4n) is 11.1. The first-order chi connectivity index (χ1) is 29.6. The summed E-state index contributed by atoms with van der Waals surface area (Å²) in [5.41, 5.74) is -2.96. The number of rotatable bonds is 11. The zero-order valence-corrected chi connectivity index (χ0v) is 39.3. The molecule has 4 N–H and O–H groups in total. The number of carbonyl (C=O) groups is 2. The zero-order chi connectivity index (χ0) is 46.2. The number of aliphatic hydroxyl groups excluding tert-OH is 3. The number of aliphatic hydroxyl groups is 4. The van der Waals surface area contributed by atoms with Crippen molar-refractivity contribution >= 4 is 12.1 Å². The van der Waals surface area contributed by atoms with Gasteiger partial charge >= 0.3 is 12.1 Å². The maximum atomic E-state index is 14.5. The average Bonchev–Trinajstić information content (AvgIpc) is 3.58. The van der Waals surface area contributed by atoms with E-state index in [4.69, 9.17) is 37.9 Å². The molecule has 1 amide bonds. The third-order valence-corrected chi connectivity index (χ3v) is 15.0. The summed E-state index contributed by atoms with van der Waals surface area (Å²) < 4.78 is 51.4. The summed E-state index contributed by atoms with van der Waals surface area (Å²) in [6.45, 7) is 20.3. The predicted octanol–water partition coefficient (Wildman–Crippen LogP) is 4.02. The second-order valence-electron chi connectivity index (χ2n) is 19.9. The van der Waals surface area contributed by atoms with Crippen molar-refractivity contribution in [3.05, 3.63) is 35.9 Å². The highest BCUT2D eigenvalue weighted by Gasteiger charge is 2.59. The van der Waals surface area contributed by atoms with Gasteiger partial charge in [-0.1, -0.05) is 58.0 Å². The normalized spacial score (nSPS) is 43.3. The maximum absolute atomic E-state index is 14.5. The molecule has 5 aliphatic rings. The van der Waals surface area contributed by atoms with Crippen molar-refractivity contribution < 1.29 is 67.9 Å². The van der Waals surface area contributed by atoms with E-state index in [1.165, 1.54) is 14.0 Å². The topological polar surface area (TPSA) is 195 Å². The molecule has 16 heteroatoms. The van der Waals surface area contributed by atoms with Crippen molar-refractivity contribution in [1.29, 1.82) is 0 Å². The zero-order valence-electron chi connectivity index (χ0n) is 39.3. The van der Waals surface area contributed by atoms with Crippen molar-refractivity contribution in [3.63, 3.8) is 0 Å². The molecule has 63 heavy (non-hydrogen) atoms. The van der Waals surface area contributed by atoms with Crippen molar-refractivity contribution in [2.75, 3.05) is 33.3 Å². The van der Waals surface area contributed by atoms with Crippen LogP contribution in [0.4, 0.5) is 4.79 Å². The molecule has 19 atom stereocenters. The molecule has 358 valence electrons. The van der Waals surface area contributed by atoms with E-state index in [9.17, 15) is 30.0 Å². The Bertz CT molecular complexity index is 1670. The largest absolute Gasteiger partial charge is 0.459 e. The van der Waals surface area contributed by atoms with Crippen molar-refractivity contribution in [3.8, 4) is 0 Å². The quantitative estimate of drug-likeness (QED) is 0.233. The molecule has 1 aromatic carbocycles. The number of hydrogen-bond acceptors (Lipinski definition) is 15. The first-order valence-electron chi connectivity index (χ1n) is 23.2. The van der Waals surface area contributed by atoms with Crippen molar-refractivity contribution in [2.24, 2.45) is 23.7 Å². The summed E-state index contributed by atoms with van der Waals surface area (Å²) in [6, 6.07) is 9.19. The molecule has 0 saturated carbocycles. The van der Waals surface area contributed by atoms with E-state index < -0.39 is 102 Å². The Balaban J connectivity index is 1.29. The molecule has 1 aromatic rings. The van der Waals surface area contributed by atoms with Gasteiger partial charge in [0.15, 0.2) is 12.6 Å². The van der Waals surface area contributed by atoms with E-state index in [-0.39, 0.29) is 43.6 Å². The second kappa shape index (κ2) is 20.2. The van der Waals surface area contributed by atoms with Crippen LogP contribution in [0.15, 0.2) is 30.3 Å². The molecular formula is C47H76N2O14. The van der Waals surface area contributed by atoms with E-state index in [1.54, 1.807) is 32.6 Å². The van der Waals surface area contributed by atoms with Gasteiger partial charge in [-0.3, -0.25) is 9.69 Å². The summed E-state index contributed by atoms with van der Waals surface area (Å²) in [4.78, 5) is 31.4. The number of fused-ring (bicyclic) bond motifs is 2.